The number of carbonyl (C=O) groups excluding carboxylic acids is 1. The van der Waals surface area contributed by atoms with Crippen molar-refractivity contribution in [3.63, 3.8) is 0 Å². The van der Waals surface area contributed by atoms with E-state index in [9.17, 15) is 14.4 Å². The molecule has 0 radical (unpaired) electrons. The van der Waals surface area contributed by atoms with Crippen molar-refractivity contribution in [1.29, 1.82) is 0 Å². The minimum atomic E-state index is -1.78. The van der Waals surface area contributed by atoms with Gasteiger partial charge in [-0.05, 0) is 0 Å². The van der Waals surface area contributed by atoms with Crippen molar-refractivity contribution in [3.05, 3.63) is 0 Å². The Balaban J connectivity index is 3.97. The van der Waals surface area contributed by atoms with Gasteiger partial charge < -0.3 is 24.9 Å². The number of hydrogen-bond acceptors (Lipinski definition) is 7. The molecule has 0 heterocycles. The summed E-state index contributed by atoms with van der Waals surface area (Å²) in [6.07, 6.45) is -4.37. The van der Waals surface area contributed by atoms with Gasteiger partial charge in [-0.25, -0.2) is 9.59 Å². The Hall–Kier alpha value is -2.32. The Kier molecular flexibility index (Phi) is 5.23. The number of oxime groups is 1. The van der Waals surface area contributed by atoms with Crippen LogP contribution in [-0.4, -0.2) is 39.6 Å². The lowest BCUT2D eigenvalue weighted by atomic mass is 10.3. The van der Waals surface area contributed by atoms with Gasteiger partial charge in [0.1, 0.15) is 0 Å². The predicted molar refractivity (Wildman–Crippen MR) is 41.7 cm³/mol. The molecular formula is C6H7NO8. The van der Waals surface area contributed by atoms with Crippen LogP contribution in [-0.2, 0) is 14.3 Å². The third-order valence-electron chi connectivity index (χ3n) is 1.06. The molecule has 9 nitrogen and oxygen atoms in total. The number of ether oxygens (including phenoxy) is 2. The van der Waals surface area contributed by atoms with E-state index in [1.54, 1.807) is 0 Å². The predicted octanol–water partition coefficient (Wildman–Crippen LogP) is 0.470. The van der Waals surface area contributed by atoms with Gasteiger partial charge in [0.25, 0.3) is 0 Å². The van der Waals surface area contributed by atoms with Crippen molar-refractivity contribution in [2.45, 2.75) is 12.8 Å². The number of esters is 1. The third-order valence-corrected chi connectivity index (χ3v) is 1.06. The SMILES string of the molecule is O=C(O)OC(=O)CC/C(=N/O)OC(=O)O. The molecule has 0 aromatic rings. The molecule has 0 aliphatic carbocycles. The van der Waals surface area contributed by atoms with Gasteiger partial charge in [-0.3, -0.25) is 4.79 Å². The topological polar surface area (TPSA) is 143 Å². The number of rotatable bonds is 3. The molecule has 0 saturated carbocycles. The Labute approximate surface area is 82.5 Å². The Bertz CT molecular complexity index is 296. The first kappa shape index (κ1) is 12.7. The fourth-order valence-electron chi connectivity index (χ4n) is 0.580. The smallest absolute Gasteiger partial charge is 0.449 e. The summed E-state index contributed by atoms with van der Waals surface area (Å²) in [5.41, 5.74) is 0. The van der Waals surface area contributed by atoms with Gasteiger partial charge in [-0.15, -0.1) is 0 Å². The second kappa shape index (κ2) is 6.18. The van der Waals surface area contributed by atoms with Crippen LogP contribution in [0.15, 0.2) is 5.16 Å². The average molecular weight is 221 g/mol. The Morgan fingerprint density at radius 3 is 1.93 bits per heavy atom. The van der Waals surface area contributed by atoms with Crippen LogP contribution in [0.2, 0.25) is 0 Å². The maximum atomic E-state index is 10.6. The van der Waals surface area contributed by atoms with Gasteiger partial charge in [0.15, 0.2) is 0 Å². The molecule has 0 bridgehead atoms. The second-order valence-corrected chi connectivity index (χ2v) is 2.10. The quantitative estimate of drug-likeness (QED) is 0.156. The first-order valence-corrected chi connectivity index (χ1v) is 3.51. The molecule has 0 aromatic heterocycles. The number of nitrogens with zero attached hydrogens (tertiary/aromatic N) is 1. The molecule has 0 fully saturated rings. The molecule has 15 heavy (non-hydrogen) atoms. The summed E-state index contributed by atoms with van der Waals surface area (Å²) in [6, 6.07) is 0. The molecule has 9 heteroatoms. The summed E-state index contributed by atoms with van der Waals surface area (Å²) in [6.45, 7) is 0. The number of hydrogen-bond donors (Lipinski definition) is 3. The summed E-state index contributed by atoms with van der Waals surface area (Å²) >= 11 is 0. The van der Waals surface area contributed by atoms with E-state index in [2.05, 4.69) is 14.6 Å². The molecule has 0 aliphatic heterocycles. The molecule has 84 valence electrons. The largest absolute Gasteiger partial charge is 0.513 e. The number of carboxylic acid groups (broad SMARTS) is 2. The Morgan fingerprint density at radius 2 is 1.53 bits per heavy atom. The molecule has 0 spiro atoms. The highest BCUT2D eigenvalue weighted by Crippen LogP contribution is 1.98. The Morgan fingerprint density at radius 1 is 1.00 bits per heavy atom. The monoisotopic (exact) mass is 221 g/mol. The van der Waals surface area contributed by atoms with E-state index >= 15 is 0 Å². The molecule has 3 N–H and O–H groups in total. The maximum absolute atomic E-state index is 10.6. The normalized spacial score (nSPS) is 10.5. The average Bonchev–Trinajstić information content (AvgIpc) is 2.10. The molecule has 0 rings (SSSR count). The van der Waals surface area contributed by atoms with Gasteiger partial charge in [0.05, 0.1) is 6.42 Å². The van der Waals surface area contributed by atoms with Crippen LogP contribution in [0.4, 0.5) is 9.59 Å². The summed E-state index contributed by atoms with van der Waals surface area (Å²) in [4.78, 5) is 30.4. The minimum absolute atomic E-state index is 0.394. The van der Waals surface area contributed by atoms with Crippen LogP contribution in [0.1, 0.15) is 12.8 Å². The van der Waals surface area contributed by atoms with Crippen LogP contribution in [0.3, 0.4) is 0 Å². The maximum Gasteiger partial charge on any atom is 0.513 e. The molecule has 0 amide bonds. The van der Waals surface area contributed by atoms with E-state index in [1.807, 2.05) is 0 Å². The van der Waals surface area contributed by atoms with Crippen molar-refractivity contribution < 1.29 is 39.3 Å². The van der Waals surface area contributed by atoms with Crippen molar-refractivity contribution in [2.75, 3.05) is 0 Å². The molecule has 0 aliphatic rings. The van der Waals surface area contributed by atoms with E-state index in [1.165, 1.54) is 0 Å². The van der Waals surface area contributed by atoms with Crippen molar-refractivity contribution in [1.82, 2.24) is 0 Å². The van der Waals surface area contributed by atoms with E-state index in [4.69, 9.17) is 15.4 Å². The number of carbonyl (C=O) groups is 3. The van der Waals surface area contributed by atoms with Gasteiger partial charge in [0.2, 0.25) is 5.90 Å². The minimum Gasteiger partial charge on any atom is -0.449 e. The fraction of sp³-hybridized carbons (Fsp3) is 0.333. The fourth-order valence-corrected chi connectivity index (χ4v) is 0.580. The van der Waals surface area contributed by atoms with Gasteiger partial charge in [-0.1, -0.05) is 5.16 Å². The van der Waals surface area contributed by atoms with Gasteiger partial charge in [-0.2, -0.15) is 0 Å². The summed E-state index contributed by atoms with van der Waals surface area (Å²) in [5, 5.41) is 26.7. The highest BCUT2D eigenvalue weighted by atomic mass is 16.7. The molecule has 0 saturated heterocycles. The third kappa shape index (κ3) is 6.81. The van der Waals surface area contributed by atoms with Crippen LogP contribution in [0.5, 0.6) is 0 Å². The molecule has 0 atom stereocenters. The molecular weight excluding hydrogens is 214 g/mol. The lowest BCUT2D eigenvalue weighted by Gasteiger charge is -2.01. The second-order valence-electron chi connectivity index (χ2n) is 2.10. The highest BCUT2D eigenvalue weighted by molar-refractivity contribution is 5.88. The lowest BCUT2D eigenvalue weighted by molar-refractivity contribution is -0.138. The van der Waals surface area contributed by atoms with Crippen molar-refractivity contribution in [2.24, 2.45) is 5.16 Å². The van der Waals surface area contributed by atoms with Crippen molar-refractivity contribution >= 4 is 24.2 Å². The summed E-state index contributed by atoms with van der Waals surface area (Å²) in [5.74, 6) is -1.75. The zero-order valence-corrected chi connectivity index (χ0v) is 7.24. The highest BCUT2D eigenvalue weighted by Gasteiger charge is 2.13. The first-order chi connectivity index (χ1) is 6.95. The molecule has 0 unspecified atom stereocenters. The summed E-state index contributed by atoms with van der Waals surface area (Å²) in [7, 11) is 0. The standard InChI is InChI=1S/C6H7NO8/c8-4(15-6(11)12)2-1-3(7-13)14-5(9)10/h13H,1-2H2,(H,9,10)(H,11,12)/b7-3-. The van der Waals surface area contributed by atoms with Crippen LogP contribution in [0.25, 0.3) is 0 Å². The van der Waals surface area contributed by atoms with Crippen LogP contribution >= 0.6 is 0 Å². The van der Waals surface area contributed by atoms with Gasteiger partial charge >= 0.3 is 18.3 Å². The van der Waals surface area contributed by atoms with Crippen molar-refractivity contribution in [3.8, 4) is 0 Å². The zero-order valence-electron chi connectivity index (χ0n) is 7.24. The molecule has 0 aromatic carbocycles. The van der Waals surface area contributed by atoms with Crippen LogP contribution in [0, 0.1) is 0 Å². The van der Waals surface area contributed by atoms with Crippen LogP contribution < -0.4 is 0 Å². The lowest BCUT2D eigenvalue weighted by Crippen LogP contribution is -2.15. The van der Waals surface area contributed by atoms with E-state index in [0.29, 0.717) is 0 Å². The van der Waals surface area contributed by atoms with E-state index < -0.39 is 37.0 Å². The first-order valence-electron chi connectivity index (χ1n) is 3.51. The van der Waals surface area contributed by atoms with Gasteiger partial charge in [0, 0.05) is 6.42 Å². The summed E-state index contributed by atoms with van der Waals surface area (Å²) < 4.78 is 7.60. The zero-order chi connectivity index (χ0) is 11.8. The van der Waals surface area contributed by atoms with E-state index in [-0.39, 0.29) is 0 Å². The van der Waals surface area contributed by atoms with E-state index in [0.717, 1.165) is 0 Å².